The van der Waals surface area contributed by atoms with Gasteiger partial charge in [-0.15, -0.1) is 0 Å². The summed E-state index contributed by atoms with van der Waals surface area (Å²) in [5, 5.41) is 0. The van der Waals surface area contributed by atoms with Gasteiger partial charge in [0.25, 0.3) is 0 Å². The van der Waals surface area contributed by atoms with Crippen LogP contribution in [0.5, 0.6) is 0 Å². The van der Waals surface area contributed by atoms with Crippen molar-refractivity contribution in [1.82, 2.24) is 14.8 Å². The van der Waals surface area contributed by atoms with E-state index in [0.29, 0.717) is 19.6 Å². The average Bonchev–Trinajstić information content (AvgIpc) is 3.42. The Hall–Kier alpha value is -2.11. The van der Waals surface area contributed by atoms with Crippen LogP contribution in [0.1, 0.15) is 57.9 Å². The molecule has 2 saturated heterocycles. The van der Waals surface area contributed by atoms with E-state index < -0.39 is 0 Å². The molecule has 0 aromatic carbocycles. The Bertz CT molecular complexity index is 634. The molecule has 1 saturated carbocycles. The fraction of sp³-hybridized carbons (Fsp3) is 0.667. The number of nitrogens with zero attached hydrogens (tertiary/aromatic N) is 4. The number of hydrogen-bond donors (Lipinski definition) is 0. The molecule has 3 heterocycles. The van der Waals surface area contributed by atoms with Crippen LogP contribution in [0.3, 0.4) is 0 Å². The highest BCUT2D eigenvalue weighted by atomic mass is 16.2. The molecular formula is C21H32N4O2. The first-order chi connectivity index (χ1) is 13.2. The van der Waals surface area contributed by atoms with Crippen LogP contribution in [-0.4, -0.2) is 58.8 Å². The molecule has 3 fully saturated rings. The first kappa shape index (κ1) is 19.6. The first-order valence-electron chi connectivity index (χ1n) is 10.5. The van der Waals surface area contributed by atoms with E-state index in [9.17, 15) is 9.59 Å². The van der Waals surface area contributed by atoms with Gasteiger partial charge in [0.2, 0.25) is 0 Å². The number of pyridine rings is 1. The van der Waals surface area contributed by atoms with Gasteiger partial charge in [-0.1, -0.05) is 32.8 Å². The summed E-state index contributed by atoms with van der Waals surface area (Å²) in [4.78, 5) is 35.2. The van der Waals surface area contributed by atoms with Crippen LogP contribution < -0.4 is 4.90 Å². The maximum Gasteiger partial charge on any atom is 0.312 e. The van der Waals surface area contributed by atoms with Crippen LogP contribution in [0.15, 0.2) is 18.3 Å². The Morgan fingerprint density at radius 3 is 2.26 bits per heavy atom. The van der Waals surface area contributed by atoms with Crippen LogP contribution >= 0.6 is 0 Å². The van der Waals surface area contributed by atoms with E-state index in [4.69, 9.17) is 0 Å². The second kappa shape index (κ2) is 9.20. The molecule has 0 atom stereocenters. The monoisotopic (exact) mass is 372 g/mol. The third kappa shape index (κ3) is 4.42. The molecule has 1 aromatic rings. The predicted molar refractivity (Wildman–Crippen MR) is 106 cm³/mol. The molecule has 3 aliphatic rings. The lowest BCUT2D eigenvalue weighted by Gasteiger charge is -2.37. The maximum absolute atomic E-state index is 12.5. The lowest BCUT2D eigenvalue weighted by Crippen LogP contribution is -2.56. The number of anilines is 1. The third-order valence-electron chi connectivity index (χ3n) is 5.72. The summed E-state index contributed by atoms with van der Waals surface area (Å²) in [6, 6.07) is 4.34. The van der Waals surface area contributed by atoms with Gasteiger partial charge in [0.05, 0.1) is 0 Å². The van der Waals surface area contributed by atoms with Crippen molar-refractivity contribution in [2.24, 2.45) is 0 Å². The van der Waals surface area contributed by atoms with E-state index in [2.05, 4.69) is 9.88 Å². The Morgan fingerprint density at radius 1 is 0.926 bits per heavy atom. The molecule has 0 N–H and O–H groups in total. The van der Waals surface area contributed by atoms with Crippen LogP contribution in [-0.2, 0) is 16.1 Å². The minimum atomic E-state index is -0.359. The molecule has 2 amide bonds. The van der Waals surface area contributed by atoms with Crippen molar-refractivity contribution in [1.29, 1.82) is 0 Å². The number of carbonyl (C=O) groups is 2. The molecule has 2 aliphatic heterocycles. The molecule has 1 aromatic heterocycles. The Kier molecular flexibility index (Phi) is 6.69. The number of amides is 2. The van der Waals surface area contributed by atoms with Gasteiger partial charge in [-0.05, 0) is 37.3 Å². The smallest absolute Gasteiger partial charge is 0.312 e. The minimum absolute atomic E-state index is 0.278. The van der Waals surface area contributed by atoms with E-state index >= 15 is 0 Å². The average molecular weight is 373 g/mol. The summed E-state index contributed by atoms with van der Waals surface area (Å²) in [5.74, 6) is 0.330. The summed E-state index contributed by atoms with van der Waals surface area (Å²) in [6.45, 7) is 7.89. The predicted octanol–water partition coefficient (Wildman–Crippen LogP) is 2.82. The zero-order valence-electron chi connectivity index (χ0n) is 16.7. The molecule has 0 radical (unpaired) electrons. The highest BCUT2D eigenvalue weighted by molar-refractivity contribution is 6.35. The summed E-state index contributed by atoms with van der Waals surface area (Å²) in [6.07, 6.45) is 8.72. The van der Waals surface area contributed by atoms with Gasteiger partial charge in [-0.25, -0.2) is 4.98 Å². The molecule has 6 heteroatoms. The number of piperazine rings is 1. The Balaban J connectivity index is 0.00000102. The second-order valence-electron chi connectivity index (χ2n) is 7.38. The molecule has 0 spiro atoms. The third-order valence-corrected chi connectivity index (χ3v) is 5.72. The maximum atomic E-state index is 12.5. The van der Waals surface area contributed by atoms with Gasteiger partial charge in [-0.3, -0.25) is 9.59 Å². The van der Waals surface area contributed by atoms with E-state index in [-0.39, 0.29) is 17.9 Å². The van der Waals surface area contributed by atoms with Crippen molar-refractivity contribution in [3.05, 3.63) is 23.9 Å². The van der Waals surface area contributed by atoms with Gasteiger partial charge < -0.3 is 14.7 Å². The Morgan fingerprint density at radius 2 is 1.63 bits per heavy atom. The zero-order valence-corrected chi connectivity index (χ0v) is 16.7. The van der Waals surface area contributed by atoms with Crippen LogP contribution in [0, 0.1) is 0 Å². The molecule has 4 rings (SSSR count). The van der Waals surface area contributed by atoms with Crippen LogP contribution in [0.2, 0.25) is 0 Å². The summed E-state index contributed by atoms with van der Waals surface area (Å²) < 4.78 is 0. The van der Waals surface area contributed by atoms with Gasteiger partial charge >= 0.3 is 11.8 Å². The highest BCUT2D eigenvalue weighted by Crippen LogP contribution is 2.25. The number of aromatic nitrogens is 1. The molecule has 27 heavy (non-hydrogen) atoms. The van der Waals surface area contributed by atoms with Gasteiger partial charge in [0.15, 0.2) is 0 Å². The van der Waals surface area contributed by atoms with Crippen LogP contribution in [0.4, 0.5) is 5.82 Å². The molecule has 0 bridgehead atoms. The quantitative estimate of drug-likeness (QED) is 0.763. The van der Waals surface area contributed by atoms with Crippen molar-refractivity contribution < 1.29 is 9.59 Å². The second-order valence-corrected chi connectivity index (χ2v) is 7.38. The lowest BCUT2D eigenvalue weighted by atomic mass is 10.1. The van der Waals surface area contributed by atoms with Gasteiger partial charge in [0, 0.05) is 45.0 Å². The van der Waals surface area contributed by atoms with Gasteiger partial charge in [0.1, 0.15) is 5.82 Å². The normalized spacial score (nSPS) is 20.9. The SMILES string of the molecule is CC.O=C1C(=O)N(C2CCCC2)CCN1Cc1ccc(N2CCCC2)nc1. The number of hydrogen-bond acceptors (Lipinski definition) is 4. The van der Waals surface area contributed by atoms with Crippen molar-refractivity contribution in [3.63, 3.8) is 0 Å². The number of rotatable bonds is 4. The number of carbonyl (C=O) groups excluding carboxylic acids is 2. The van der Waals surface area contributed by atoms with E-state index in [1.165, 1.54) is 25.7 Å². The minimum Gasteiger partial charge on any atom is -0.357 e. The summed E-state index contributed by atoms with van der Waals surface area (Å²) in [5.41, 5.74) is 0.985. The first-order valence-corrected chi connectivity index (χ1v) is 10.5. The lowest BCUT2D eigenvalue weighted by molar-refractivity contribution is -0.158. The van der Waals surface area contributed by atoms with Crippen molar-refractivity contribution >= 4 is 17.6 Å². The summed E-state index contributed by atoms with van der Waals surface area (Å²) >= 11 is 0. The van der Waals surface area contributed by atoms with E-state index in [1.807, 2.05) is 32.2 Å². The highest BCUT2D eigenvalue weighted by Gasteiger charge is 2.37. The molecular weight excluding hydrogens is 340 g/mol. The van der Waals surface area contributed by atoms with Gasteiger partial charge in [-0.2, -0.15) is 0 Å². The molecule has 148 valence electrons. The topological polar surface area (TPSA) is 56.8 Å². The molecule has 1 aliphatic carbocycles. The zero-order chi connectivity index (χ0) is 19.2. The summed E-state index contributed by atoms with van der Waals surface area (Å²) in [7, 11) is 0. The van der Waals surface area contributed by atoms with Crippen molar-refractivity contribution in [3.8, 4) is 0 Å². The van der Waals surface area contributed by atoms with E-state index in [0.717, 1.165) is 37.3 Å². The largest absolute Gasteiger partial charge is 0.357 e. The fourth-order valence-corrected chi connectivity index (χ4v) is 4.27. The fourth-order valence-electron chi connectivity index (χ4n) is 4.27. The Labute approximate surface area is 162 Å². The van der Waals surface area contributed by atoms with E-state index in [1.54, 1.807) is 9.80 Å². The molecule has 6 nitrogen and oxygen atoms in total. The van der Waals surface area contributed by atoms with Crippen LogP contribution in [0.25, 0.3) is 0 Å². The molecule has 0 unspecified atom stereocenters. The van der Waals surface area contributed by atoms with Crippen molar-refractivity contribution in [2.75, 3.05) is 31.1 Å². The standard InChI is InChI=1S/C19H26N4O2.C2H6/c24-18-19(25)23(16-5-1-2-6-16)12-11-22(18)14-15-7-8-17(20-13-15)21-9-3-4-10-21;1-2/h7-8,13,16H,1-6,9-12,14H2;1-2H3. The van der Waals surface area contributed by atoms with Crippen molar-refractivity contribution in [2.45, 2.75) is 65.0 Å².